The molecule has 0 spiro atoms. The Hall–Kier alpha value is -4.85. The number of carbonyl (C=O) groups is 1. The van der Waals surface area contributed by atoms with Crippen LogP contribution in [-0.2, 0) is 17.8 Å². The molecule has 240 valence electrons. The first-order valence-electron chi connectivity index (χ1n) is 14.6. The molecule has 2 heterocycles. The first-order valence-corrected chi connectivity index (χ1v) is 15.4. The minimum absolute atomic E-state index is 0.252. The van der Waals surface area contributed by atoms with Gasteiger partial charge in [-0.2, -0.15) is 0 Å². The second-order valence-electron chi connectivity index (χ2n) is 10.7. The molecule has 4 N–H and O–H groups in total. The number of amides is 2. The van der Waals surface area contributed by atoms with Gasteiger partial charge >= 0.3 is 11.7 Å². The van der Waals surface area contributed by atoms with Crippen molar-refractivity contribution in [2.24, 2.45) is 0 Å². The third-order valence-electron chi connectivity index (χ3n) is 7.45. The van der Waals surface area contributed by atoms with Crippen LogP contribution in [0.15, 0.2) is 76.3 Å². The fourth-order valence-electron chi connectivity index (χ4n) is 5.12. The van der Waals surface area contributed by atoms with Gasteiger partial charge in [0.2, 0.25) is 0 Å². The van der Waals surface area contributed by atoms with Crippen LogP contribution in [-0.4, -0.2) is 53.9 Å². The highest BCUT2D eigenvalue weighted by atomic mass is 32.1. The average Bonchev–Trinajstić information content (AvgIpc) is 3.39. The minimum Gasteiger partial charge on any atom is -0.399 e. The van der Waals surface area contributed by atoms with Gasteiger partial charge in [0.1, 0.15) is 16.5 Å². The van der Waals surface area contributed by atoms with E-state index in [0.717, 1.165) is 22.3 Å². The lowest BCUT2D eigenvalue weighted by Crippen LogP contribution is -2.39. The van der Waals surface area contributed by atoms with Crippen molar-refractivity contribution in [3.8, 4) is 16.1 Å². The van der Waals surface area contributed by atoms with Gasteiger partial charge < -0.3 is 21.1 Å². The number of nitrogens with one attached hydrogen (secondary N) is 2. The van der Waals surface area contributed by atoms with Crippen molar-refractivity contribution in [3.05, 3.63) is 110 Å². The number of thiophene rings is 1. The Bertz CT molecular complexity index is 1970. The Kier molecular flexibility index (Phi) is 9.95. The zero-order valence-corrected chi connectivity index (χ0v) is 26.4. The van der Waals surface area contributed by atoms with E-state index in [1.54, 1.807) is 43.5 Å². The normalized spacial score (nSPS) is 11.3. The molecule has 46 heavy (non-hydrogen) atoms. The third kappa shape index (κ3) is 6.71. The Morgan fingerprint density at radius 3 is 2.30 bits per heavy atom. The van der Waals surface area contributed by atoms with Crippen molar-refractivity contribution in [1.82, 2.24) is 19.4 Å². The van der Waals surface area contributed by atoms with Crippen LogP contribution in [0.5, 0.6) is 0 Å². The van der Waals surface area contributed by atoms with E-state index in [1.165, 1.54) is 22.0 Å². The lowest BCUT2D eigenvalue weighted by Gasteiger charge is -2.18. The molecule has 3 aromatic carbocycles. The molecule has 0 fully saturated rings. The van der Waals surface area contributed by atoms with E-state index in [-0.39, 0.29) is 27.5 Å². The predicted molar refractivity (Wildman–Crippen MR) is 178 cm³/mol. The van der Waals surface area contributed by atoms with Crippen molar-refractivity contribution in [1.29, 1.82) is 0 Å². The number of nitrogens with zero attached hydrogens (tertiary/aromatic N) is 3. The highest BCUT2D eigenvalue weighted by molar-refractivity contribution is 7.22. The summed E-state index contributed by atoms with van der Waals surface area (Å²) in [5.41, 5.74) is 6.89. The summed E-state index contributed by atoms with van der Waals surface area (Å²) in [6.45, 7) is 3.14. The number of nitrogens with two attached hydrogens (primary N) is 1. The van der Waals surface area contributed by atoms with Gasteiger partial charge in [0.05, 0.1) is 24.2 Å². The second kappa shape index (κ2) is 14.1. The van der Waals surface area contributed by atoms with Gasteiger partial charge in [-0.3, -0.25) is 14.3 Å². The van der Waals surface area contributed by atoms with Crippen LogP contribution in [0.4, 0.5) is 25.0 Å². The lowest BCUT2D eigenvalue weighted by molar-refractivity contribution is 0.159. The molecule has 0 unspecified atom stereocenters. The summed E-state index contributed by atoms with van der Waals surface area (Å²) < 4.78 is 37.4. The van der Waals surface area contributed by atoms with Gasteiger partial charge in [0, 0.05) is 48.6 Å². The van der Waals surface area contributed by atoms with E-state index >= 15 is 0 Å². The number of nitrogen functional groups attached to an aromatic ring is 1. The maximum absolute atomic E-state index is 14.9. The maximum atomic E-state index is 14.9. The third-order valence-corrected chi connectivity index (χ3v) is 8.75. The van der Waals surface area contributed by atoms with Crippen molar-refractivity contribution >= 4 is 39.0 Å². The van der Waals surface area contributed by atoms with Crippen molar-refractivity contribution in [2.45, 2.75) is 20.0 Å². The van der Waals surface area contributed by atoms with E-state index in [9.17, 15) is 23.2 Å². The Balaban J connectivity index is 1.79. The monoisotopic (exact) mass is 648 g/mol. The summed E-state index contributed by atoms with van der Waals surface area (Å²) in [5.74, 6) is -1.62. The molecule has 10 nitrogen and oxygen atoms in total. The van der Waals surface area contributed by atoms with E-state index in [0.29, 0.717) is 48.1 Å². The quantitative estimate of drug-likeness (QED) is 0.173. The molecule has 5 rings (SSSR count). The van der Waals surface area contributed by atoms with Crippen LogP contribution >= 0.6 is 11.3 Å². The first kappa shape index (κ1) is 32.5. The number of methoxy groups -OCH3 is 1. The Morgan fingerprint density at radius 2 is 1.67 bits per heavy atom. The molecule has 0 atom stereocenters. The number of rotatable bonds is 11. The number of fused-ring (bicyclic) bond motifs is 1. The van der Waals surface area contributed by atoms with Crippen LogP contribution in [0.2, 0.25) is 0 Å². The SMILES string of the molecule is CCNC(=O)Nc1ccc(-c2sc3c(c2CN(C)CCOC)c(=O)n(-c2ccc(N)cc2)c(=O)n3Cc2c(F)cccc2F)cc1. The van der Waals surface area contributed by atoms with E-state index in [2.05, 4.69) is 10.6 Å². The number of urea groups is 1. The minimum atomic E-state index is -0.809. The van der Waals surface area contributed by atoms with Gasteiger partial charge in [-0.15, -0.1) is 11.3 Å². The van der Waals surface area contributed by atoms with Crippen molar-refractivity contribution in [3.63, 3.8) is 0 Å². The number of hydrogen-bond donors (Lipinski definition) is 3. The fourth-order valence-corrected chi connectivity index (χ4v) is 6.42. The maximum Gasteiger partial charge on any atom is 0.337 e. The molecule has 2 amide bonds. The van der Waals surface area contributed by atoms with Crippen LogP contribution in [0.25, 0.3) is 26.3 Å². The van der Waals surface area contributed by atoms with E-state index < -0.39 is 29.4 Å². The van der Waals surface area contributed by atoms with Gasteiger partial charge in [-0.05, 0) is 73.6 Å². The number of carbonyl (C=O) groups excluding carboxylic acids is 1. The molecule has 0 aliphatic carbocycles. The molecule has 5 aromatic rings. The Morgan fingerprint density at radius 1 is 1.00 bits per heavy atom. The largest absolute Gasteiger partial charge is 0.399 e. The van der Waals surface area contributed by atoms with Gasteiger partial charge in [-0.1, -0.05) is 18.2 Å². The van der Waals surface area contributed by atoms with Crippen molar-refractivity contribution < 1.29 is 18.3 Å². The topological polar surface area (TPSA) is 124 Å². The van der Waals surface area contributed by atoms with E-state index in [1.807, 2.05) is 31.0 Å². The molecule has 0 saturated carbocycles. The summed E-state index contributed by atoms with van der Waals surface area (Å²) in [5, 5.41) is 5.69. The molecule has 0 aliphatic rings. The highest BCUT2D eigenvalue weighted by Crippen LogP contribution is 2.38. The highest BCUT2D eigenvalue weighted by Gasteiger charge is 2.25. The molecular weight excluding hydrogens is 614 g/mol. The molecular formula is C33H34F2N6O4S. The number of likely N-dealkylation sites (N-methyl/N-ethyl adjacent to an activating group) is 1. The summed E-state index contributed by atoms with van der Waals surface area (Å²) in [4.78, 5) is 43.5. The number of benzene rings is 3. The number of aromatic nitrogens is 2. The first-order chi connectivity index (χ1) is 22.1. The second-order valence-corrected chi connectivity index (χ2v) is 11.7. The predicted octanol–water partition coefficient (Wildman–Crippen LogP) is 5.01. The standard InChI is InChI=1S/C33H34F2N6O4S/c1-4-37-32(43)38-22-12-8-20(9-13-22)29-25(18-39(2)16-17-45-3)28-30(42)41(23-14-10-21(36)11-15-23)33(44)40(31(28)46-29)19-24-26(34)6-5-7-27(24)35/h5-15H,4,16-19,36H2,1-3H3,(H2,37,38,43). The molecule has 0 radical (unpaired) electrons. The van der Waals surface area contributed by atoms with Crippen LogP contribution in [0, 0.1) is 11.6 Å². The molecule has 0 aliphatic heterocycles. The van der Waals surface area contributed by atoms with Crippen molar-refractivity contribution in [2.75, 3.05) is 44.9 Å². The lowest BCUT2D eigenvalue weighted by atomic mass is 10.1. The summed E-state index contributed by atoms with van der Waals surface area (Å²) in [6.07, 6.45) is 0. The summed E-state index contributed by atoms with van der Waals surface area (Å²) in [7, 11) is 3.48. The van der Waals surface area contributed by atoms with E-state index in [4.69, 9.17) is 10.5 Å². The van der Waals surface area contributed by atoms with Crippen LogP contribution < -0.4 is 27.6 Å². The smallest absolute Gasteiger partial charge is 0.337 e. The molecule has 2 aromatic heterocycles. The molecule has 0 saturated heterocycles. The zero-order chi connectivity index (χ0) is 33.0. The van der Waals surface area contributed by atoms with Gasteiger partial charge in [-0.25, -0.2) is 22.9 Å². The number of ether oxygens (including phenoxy) is 1. The number of halogens is 2. The number of hydrogen-bond acceptors (Lipinski definition) is 7. The molecule has 13 heteroatoms. The van der Waals surface area contributed by atoms with Gasteiger partial charge in [0.15, 0.2) is 0 Å². The molecule has 0 bridgehead atoms. The van der Waals surface area contributed by atoms with Crippen LogP contribution in [0.3, 0.4) is 0 Å². The summed E-state index contributed by atoms with van der Waals surface area (Å²) in [6, 6.07) is 16.5. The average molecular weight is 649 g/mol. The summed E-state index contributed by atoms with van der Waals surface area (Å²) >= 11 is 1.19. The number of anilines is 2. The zero-order valence-electron chi connectivity index (χ0n) is 25.6. The van der Waals surface area contributed by atoms with Crippen LogP contribution in [0.1, 0.15) is 18.1 Å². The fraction of sp³-hybridized carbons (Fsp3) is 0.242. The van der Waals surface area contributed by atoms with Gasteiger partial charge in [0.25, 0.3) is 5.56 Å². The Labute approximate surface area is 267 Å².